The molecule has 1 N–H and O–H groups in total. The summed E-state index contributed by atoms with van der Waals surface area (Å²) in [5.41, 5.74) is 5.57. The van der Waals surface area contributed by atoms with E-state index in [2.05, 4.69) is 45.7 Å². The third-order valence-corrected chi connectivity index (χ3v) is 9.90. The van der Waals surface area contributed by atoms with Gasteiger partial charge in [0.15, 0.2) is 11.2 Å². The van der Waals surface area contributed by atoms with Crippen molar-refractivity contribution in [1.29, 1.82) is 0 Å². The van der Waals surface area contributed by atoms with Crippen LogP contribution in [0.15, 0.2) is 106 Å². The van der Waals surface area contributed by atoms with Gasteiger partial charge in [0.1, 0.15) is 18.2 Å². The van der Waals surface area contributed by atoms with E-state index in [1.165, 1.54) is 29.1 Å². The van der Waals surface area contributed by atoms with Crippen molar-refractivity contribution in [2.45, 2.75) is 69.9 Å². The normalized spacial score (nSPS) is 17.2. The van der Waals surface area contributed by atoms with Crippen LogP contribution in [0.4, 0.5) is 0 Å². The average Bonchev–Trinajstić information content (AvgIpc) is 3.66. The molecule has 3 heterocycles. The van der Waals surface area contributed by atoms with Crippen LogP contribution in [0, 0.1) is 0 Å². The fourth-order valence-electron chi connectivity index (χ4n) is 7.07. The van der Waals surface area contributed by atoms with Crippen LogP contribution < -0.4 is 10.7 Å². The molecule has 1 saturated carbocycles. The Balaban J connectivity index is 1.08. The van der Waals surface area contributed by atoms with Gasteiger partial charge in [-0.15, -0.1) is 0 Å². The molecule has 1 saturated heterocycles. The van der Waals surface area contributed by atoms with E-state index in [-0.39, 0.29) is 23.1 Å². The topological polar surface area (TPSA) is 110 Å². The van der Waals surface area contributed by atoms with Gasteiger partial charge in [-0.2, -0.15) is 5.10 Å². The van der Waals surface area contributed by atoms with E-state index < -0.39 is 5.91 Å². The molecule has 1 aliphatic carbocycles. The van der Waals surface area contributed by atoms with E-state index in [0.29, 0.717) is 47.0 Å². The van der Waals surface area contributed by atoms with E-state index in [4.69, 9.17) is 16.0 Å². The third kappa shape index (κ3) is 7.67. The number of fused-ring (bicyclic) bond motifs is 1. The quantitative estimate of drug-likeness (QED) is 0.166. The molecule has 1 atom stereocenters. The molecule has 2 amide bonds. The lowest BCUT2D eigenvalue weighted by atomic mass is 9.79. The minimum absolute atomic E-state index is 0.0435. The molecule has 5 aromatic rings. The van der Waals surface area contributed by atoms with Crippen LogP contribution in [0.25, 0.3) is 16.7 Å². The molecule has 0 unspecified atom stereocenters. The van der Waals surface area contributed by atoms with Crippen molar-refractivity contribution in [2.24, 2.45) is 0 Å². The second kappa shape index (κ2) is 14.6. The maximum absolute atomic E-state index is 13.6. The van der Waals surface area contributed by atoms with Crippen molar-refractivity contribution in [1.82, 2.24) is 25.0 Å². The van der Waals surface area contributed by atoms with Crippen LogP contribution in [-0.2, 0) is 17.8 Å². The van der Waals surface area contributed by atoms with Crippen LogP contribution in [0.3, 0.4) is 0 Å². The van der Waals surface area contributed by atoms with Crippen molar-refractivity contribution in [3.63, 3.8) is 0 Å². The molecule has 0 radical (unpaired) electrons. The fourth-order valence-corrected chi connectivity index (χ4v) is 7.19. The number of benzene rings is 3. The largest absolute Gasteiger partial charge is 0.451 e. The van der Waals surface area contributed by atoms with Gasteiger partial charge in [0, 0.05) is 30.6 Å². The van der Waals surface area contributed by atoms with Crippen molar-refractivity contribution in [3.8, 4) is 5.69 Å². The Morgan fingerprint density at radius 2 is 1.82 bits per heavy atom. The summed E-state index contributed by atoms with van der Waals surface area (Å²) in [6.07, 6.45) is 12.2. The Hall–Kier alpha value is -5.02. The van der Waals surface area contributed by atoms with Gasteiger partial charge < -0.3 is 14.6 Å². The number of hydrogen-bond acceptors (Lipinski definition) is 6. The number of rotatable bonds is 9. The maximum Gasteiger partial charge on any atom is 0.287 e. The highest BCUT2D eigenvalue weighted by atomic mass is 35.5. The van der Waals surface area contributed by atoms with Crippen molar-refractivity contribution in [3.05, 3.63) is 135 Å². The zero-order valence-corrected chi connectivity index (χ0v) is 27.9. The summed E-state index contributed by atoms with van der Waals surface area (Å²) in [6.45, 7) is 1.51. The Morgan fingerprint density at radius 1 is 1.00 bits per heavy atom. The number of amides is 2. The first-order chi connectivity index (χ1) is 23.9. The van der Waals surface area contributed by atoms with Crippen LogP contribution in [0.5, 0.6) is 0 Å². The number of likely N-dealkylation sites (tertiary alicyclic amines) is 1. The zero-order chi connectivity index (χ0) is 33.7. The number of carbonyl (C=O) groups is 2. The molecule has 0 spiro atoms. The van der Waals surface area contributed by atoms with Crippen LogP contribution >= 0.6 is 11.6 Å². The highest BCUT2D eigenvalue weighted by Crippen LogP contribution is 2.37. The molecule has 0 bridgehead atoms. The van der Waals surface area contributed by atoms with Crippen LogP contribution in [0.1, 0.15) is 78.1 Å². The summed E-state index contributed by atoms with van der Waals surface area (Å²) >= 11 is 6.16. The van der Waals surface area contributed by atoms with E-state index >= 15 is 0 Å². The predicted molar refractivity (Wildman–Crippen MR) is 189 cm³/mol. The van der Waals surface area contributed by atoms with Gasteiger partial charge in [-0.05, 0) is 97.9 Å². The van der Waals surface area contributed by atoms with Crippen molar-refractivity contribution < 1.29 is 14.0 Å². The van der Waals surface area contributed by atoms with Gasteiger partial charge in [-0.3, -0.25) is 14.4 Å². The molecule has 2 aliphatic rings. The van der Waals surface area contributed by atoms with Gasteiger partial charge >= 0.3 is 0 Å². The molecular weight excluding hydrogens is 638 g/mol. The van der Waals surface area contributed by atoms with E-state index in [9.17, 15) is 14.4 Å². The van der Waals surface area contributed by atoms with Gasteiger partial charge in [-0.1, -0.05) is 59.6 Å². The molecule has 49 heavy (non-hydrogen) atoms. The van der Waals surface area contributed by atoms with Gasteiger partial charge in [0.25, 0.3) is 5.91 Å². The summed E-state index contributed by atoms with van der Waals surface area (Å²) in [5.74, 6) is 0.168. The molecule has 2 fully saturated rings. The summed E-state index contributed by atoms with van der Waals surface area (Å²) in [7, 11) is 0. The average molecular weight is 676 g/mol. The fraction of sp³-hybridized carbons (Fsp3) is 0.308. The number of nitrogens with one attached hydrogen (secondary N) is 1. The first-order valence-electron chi connectivity index (χ1n) is 16.9. The lowest BCUT2D eigenvalue weighted by molar-refractivity contribution is -0.133. The number of aromatic nitrogens is 3. The predicted octanol–water partition coefficient (Wildman–Crippen LogP) is 7.16. The lowest BCUT2D eigenvalue weighted by Crippen LogP contribution is -2.36. The molecule has 3 aromatic carbocycles. The first kappa shape index (κ1) is 32.5. The summed E-state index contributed by atoms with van der Waals surface area (Å²) in [4.78, 5) is 45.2. The molecule has 2 aromatic heterocycles. The number of halogens is 1. The highest BCUT2D eigenvalue weighted by Gasteiger charge is 2.25. The summed E-state index contributed by atoms with van der Waals surface area (Å²) < 4.78 is 7.50. The standard InChI is InChI=1S/C39H38ClN5O4/c40-30-14-10-27(11-15-30)20-31(43-39(48)37-22-35(46)34-21-32(16-17-36(34)49-37)45-25-41-24-42-45)19-26-8-12-28(13-9-26)33-6-2-1-5-29(33)23-44-18-4-3-7-38(44)47/h1-2,5-6,10-11,14-17,19,21-22,24-25,28,31H,3-4,7-9,12-13,18,20,23H2,(H,43,48)/t28?,31-/m0/s1. The molecule has 10 heteroatoms. The van der Waals surface area contributed by atoms with Crippen molar-refractivity contribution >= 4 is 34.4 Å². The highest BCUT2D eigenvalue weighted by molar-refractivity contribution is 6.30. The second-order valence-electron chi connectivity index (χ2n) is 13.0. The summed E-state index contributed by atoms with van der Waals surface area (Å²) in [5, 5.41) is 8.25. The van der Waals surface area contributed by atoms with Gasteiger partial charge in [0.2, 0.25) is 5.91 Å². The van der Waals surface area contributed by atoms with E-state index in [1.54, 1.807) is 29.2 Å². The summed E-state index contributed by atoms with van der Waals surface area (Å²) in [6, 6.07) is 22.2. The Kier molecular flexibility index (Phi) is 9.70. The Bertz CT molecular complexity index is 2040. The van der Waals surface area contributed by atoms with Crippen LogP contribution in [-0.4, -0.2) is 44.1 Å². The third-order valence-electron chi connectivity index (χ3n) is 9.65. The molecule has 250 valence electrons. The number of allylic oxidation sites excluding steroid dienone is 1. The smallest absolute Gasteiger partial charge is 0.287 e. The Morgan fingerprint density at radius 3 is 2.59 bits per heavy atom. The Labute approximate surface area is 289 Å². The lowest BCUT2D eigenvalue weighted by Gasteiger charge is -2.31. The molecule has 7 rings (SSSR count). The second-order valence-corrected chi connectivity index (χ2v) is 13.4. The van der Waals surface area contributed by atoms with E-state index in [1.807, 2.05) is 29.2 Å². The SMILES string of the molecule is O=C(N[C@@H](C=C1CCC(c2ccccc2CN2CCCCC2=O)CC1)Cc1ccc(Cl)cc1)c1cc(=O)c2cc(-n3cncn3)ccc2o1. The number of piperidine rings is 1. The molecular formula is C39H38ClN5O4. The molecule has 9 nitrogen and oxygen atoms in total. The zero-order valence-electron chi connectivity index (χ0n) is 27.2. The minimum Gasteiger partial charge on any atom is -0.451 e. The maximum atomic E-state index is 13.6. The number of carbonyl (C=O) groups excluding carboxylic acids is 2. The number of nitrogens with zero attached hydrogens (tertiary/aromatic N) is 4. The first-order valence-corrected chi connectivity index (χ1v) is 17.3. The minimum atomic E-state index is -0.454. The van der Waals surface area contributed by atoms with Gasteiger partial charge in [0.05, 0.1) is 17.1 Å². The van der Waals surface area contributed by atoms with Crippen molar-refractivity contribution in [2.75, 3.05) is 6.54 Å². The van der Waals surface area contributed by atoms with Crippen LogP contribution in [0.2, 0.25) is 5.02 Å². The molecule has 1 aliphatic heterocycles. The number of hydrogen-bond donors (Lipinski definition) is 1. The van der Waals surface area contributed by atoms with Gasteiger partial charge in [-0.25, -0.2) is 9.67 Å². The van der Waals surface area contributed by atoms with E-state index in [0.717, 1.165) is 50.6 Å². The monoisotopic (exact) mass is 675 g/mol.